The molecule has 8 heteroatoms. The third-order valence-electron chi connectivity index (χ3n) is 5.00. The summed E-state index contributed by atoms with van der Waals surface area (Å²) in [6.45, 7) is 4.84. The molecule has 0 radical (unpaired) electrons. The fourth-order valence-electron chi connectivity index (χ4n) is 3.48. The maximum absolute atomic E-state index is 12.6. The smallest absolute Gasteiger partial charge is 0.312 e. The normalized spacial score (nSPS) is 19.5. The SMILES string of the molecule is CC/C=C\C=C(/C)COP(=O)(O)N1CCC(n2c(=O)[nH]c3ccccc32)CC1. The van der Waals surface area contributed by atoms with Gasteiger partial charge in [-0.05, 0) is 43.9 Å². The van der Waals surface area contributed by atoms with E-state index >= 15 is 0 Å². The summed E-state index contributed by atoms with van der Waals surface area (Å²) in [4.78, 5) is 25.6. The van der Waals surface area contributed by atoms with E-state index in [1.807, 2.05) is 56.3 Å². The van der Waals surface area contributed by atoms with E-state index in [-0.39, 0.29) is 18.3 Å². The number of nitrogens with zero attached hydrogens (tertiary/aromatic N) is 2. The molecule has 3 rings (SSSR count). The van der Waals surface area contributed by atoms with Gasteiger partial charge in [0.15, 0.2) is 0 Å². The Kier molecular flexibility index (Phi) is 6.73. The van der Waals surface area contributed by atoms with E-state index in [1.165, 1.54) is 4.67 Å². The fourth-order valence-corrected chi connectivity index (χ4v) is 4.76. The summed E-state index contributed by atoms with van der Waals surface area (Å²) >= 11 is 0. The van der Waals surface area contributed by atoms with Gasteiger partial charge in [0.2, 0.25) is 0 Å². The van der Waals surface area contributed by atoms with Crippen molar-refractivity contribution in [2.24, 2.45) is 0 Å². The van der Waals surface area contributed by atoms with Crippen LogP contribution in [0.2, 0.25) is 0 Å². The molecule has 2 aromatic rings. The van der Waals surface area contributed by atoms with Crippen molar-refractivity contribution in [2.45, 2.75) is 39.2 Å². The summed E-state index contributed by atoms with van der Waals surface area (Å²) in [6, 6.07) is 7.59. The molecule has 1 fully saturated rings. The van der Waals surface area contributed by atoms with Crippen molar-refractivity contribution in [3.05, 3.63) is 58.6 Å². The minimum atomic E-state index is -3.85. The van der Waals surface area contributed by atoms with Gasteiger partial charge in [0, 0.05) is 19.1 Å². The molecule has 1 unspecified atom stereocenters. The quantitative estimate of drug-likeness (QED) is 0.537. The lowest BCUT2D eigenvalue weighted by molar-refractivity contribution is 0.182. The van der Waals surface area contributed by atoms with Crippen LogP contribution in [0.15, 0.2) is 52.9 Å². The predicted octanol–water partition coefficient (Wildman–Crippen LogP) is 4.00. The molecule has 0 bridgehead atoms. The second-order valence-electron chi connectivity index (χ2n) is 7.12. The van der Waals surface area contributed by atoms with Crippen molar-refractivity contribution in [2.75, 3.05) is 19.7 Å². The van der Waals surface area contributed by atoms with Gasteiger partial charge in [0.1, 0.15) is 0 Å². The lowest BCUT2D eigenvalue weighted by atomic mass is 10.1. The molecule has 152 valence electrons. The van der Waals surface area contributed by atoms with Crippen LogP contribution in [-0.4, -0.2) is 38.8 Å². The molecule has 0 aliphatic carbocycles. The average Bonchev–Trinajstić information content (AvgIpc) is 3.02. The number of hydrogen-bond acceptors (Lipinski definition) is 3. The lowest BCUT2D eigenvalue weighted by Gasteiger charge is -2.34. The van der Waals surface area contributed by atoms with Crippen molar-refractivity contribution < 1.29 is 14.0 Å². The molecule has 0 amide bonds. The van der Waals surface area contributed by atoms with Gasteiger partial charge in [-0.1, -0.05) is 37.3 Å². The Bertz CT molecular complexity index is 967. The van der Waals surface area contributed by atoms with Crippen LogP contribution in [0, 0.1) is 0 Å². The number of allylic oxidation sites excluding steroid dienone is 3. The number of para-hydroxylation sites is 2. The summed E-state index contributed by atoms with van der Waals surface area (Å²) in [5, 5.41) is 0. The highest BCUT2D eigenvalue weighted by atomic mass is 31.2. The molecule has 0 spiro atoms. The second kappa shape index (κ2) is 9.05. The number of piperidine rings is 1. The number of H-pyrrole nitrogens is 1. The predicted molar refractivity (Wildman–Crippen MR) is 111 cm³/mol. The molecule has 0 saturated carbocycles. The minimum Gasteiger partial charge on any atom is -0.312 e. The molecule has 7 nitrogen and oxygen atoms in total. The van der Waals surface area contributed by atoms with Crippen LogP contribution >= 0.6 is 7.75 Å². The minimum absolute atomic E-state index is 0.000660. The maximum Gasteiger partial charge on any atom is 0.405 e. The van der Waals surface area contributed by atoms with E-state index in [9.17, 15) is 14.3 Å². The Hall–Kier alpha value is -1.92. The summed E-state index contributed by atoms with van der Waals surface area (Å²) in [6.07, 6.45) is 8.00. The van der Waals surface area contributed by atoms with Crippen molar-refractivity contribution in [1.82, 2.24) is 14.2 Å². The Balaban J connectivity index is 1.62. The van der Waals surface area contributed by atoms with Crippen molar-refractivity contribution >= 4 is 18.8 Å². The first-order chi connectivity index (χ1) is 13.4. The summed E-state index contributed by atoms with van der Waals surface area (Å²) in [5.41, 5.74) is 2.43. The van der Waals surface area contributed by atoms with Crippen LogP contribution in [0.25, 0.3) is 11.0 Å². The molecule has 28 heavy (non-hydrogen) atoms. The summed E-state index contributed by atoms with van der Waals surface area (Å²) in [7, 11) is -3.85. The maximum atomic E-state index is 12.6. The van der Waals surface area contributed by atoms with Crippen molar-refractivity contribution in [1.29, 1.82) is 0 Å². The average molecular weight is 405 g/mol. The van der Waals surface area contributed by atoms with E-state index < -0.39 is 7.75 Å². The Labute approximate surface area is 164 Å². The monoisotopic (exact) mass is 405 g/mol. The lowest BCUT2D eigenvalue weighted by Crippen LogP contribution is -2.35. The third kappa shape index (κ3) is 4.73. The number of aromatic nitrogens is 2. The Morgan fingerprint density at radius 1 is 1.36 bits per heavy atom. The van der Waals surface area contributed by atoms with E-state index in [2.05, 4.69) is 4.98 Å². The number of imidazole rings is 1. The van der Waals surface area contributed by atoms with Crippen molar-refractivity contribution in [3.63, 3.8) is 0 Å². The van der Waals surface area contributed by atoms with Crippen LogP contribution in [0.5, 0.6) is 0 Å². The zero-order chi connectivity index (χ0) is 20.1. The van der Waals surface area contributed by atoms with Gasteiger partial charge in [-0.3, -0.25) is 9.09 Å². The van der Waals surface area contributed by atoms with E-state index in [4.69, 9.17) is 4.52 Å². The van der Waals surface area contributed by atoms with Gasteiger partial charge in [-0.15, -0.1) is 0 Å². The largest absolute Gasteiger partial charge is 0.405 e. The van der Waals surface area contributed by atoms with Gasteiger partial charge in [-0.2, -0.15) is 0 Å². The van der Waals surface area contributed by atoms with Gasteiger partial charge in [0.25, 0.3) is 0 Å². The first kappa shape index (κ1) is 20.8. The Morgan fingerprint density at radius 3 is 2.79 bits per heavy atom. The van der Waals surface area contributed by atoms with Gasteiger partial charge >= 0.3 is 13.4 Å². The first-order valence-corrected chi connectivity index (χ1v) is 11.2. The summed E-state index contributed by atoms with van der Waals surface area (Å²) < 4.78 is 21.2. The number of rotatable bonds is 7. The molecule has 1 aromatic heterocycles. The molecule has 1 saturated heterocycles. The van der Waals surface area contributed by atoms with Crippen LogP contribution in [0.1, 0.15) is 39.2 Å². The van der Waals surface area contributed by atoms with Crippen LogP contribution in [-0.2, 0) is 9.09 Å². The highest BCUT2D eigenvalue weighted by Crippen LogP contribution is 2.48. The molecule has 1 aliphatic rings. The van der Waals surface area contributed by atoms with Gasteiger partial charge in [0.05, 0.1) is 17.6 Å². The third-order valence-corrected chi connectivity index (χ3v) is 6.58. The molecular formula is C20H28N3O4P. The molecule has 2 N–H and O–H groups in total. The highest BCUT2D eigenvalue weighted by Gasteiger charge is 2.34. The van der Waals surface area contributed by atoms with Crippen LogP contribution < -0.4 is 5.69 Å². The molecule has 1 aliphatic heterocycles. The van der Waals surface area contributed by atoms with Crippen LogP contribution in [0.3, 0.4) is 0 Å². The highest BCUT2D eigenvalue weighted by molar-refractivity contribution is 7.50. The zero-order valence-electron chi connectivity index (χ0n) is 16.4. The van der Waals surface area contributed by atoms with Crippen molar-refractivity contribution in [3.8, 4) is 0 Å². The summed E-state index contributed by atoms with van der Waals surface area (Å²) in [5.74, 6) is 0. The van der Waals surface area contributed by atoms with Gasteiger partial charge in [-0.25, -0.2) is 14.0 Å². The number of hydrogen-bond donors (Lipinski definition) is 2. The standard InChI is InChI=1S/C20H28N3O4P/c1-3-4-5-8-16(2)15-27-28(25,26)22-13-11-17(12-14-22)23-19-10-7-6-9-18(19)21-20(23)24/h4-10,17H,3,11-15H2,1-2H3,(H,21,24)(H,25,26)/b5-4-,16-8+. The van der Waals surface area contributed by atoms with Crippen LogP contribution in [0.4, 0.5) is 0 Å². The first-order valence-electron chi connectivity index (χ1n) is 9.66. The topological polar surface area (TPSA) is 87.6 Å². The fraction of sp³-hybridized carbons (Fsp3) is 0.450. The molecule has 1 aromatic carbocycles. The number of fused-ring (bicyclic) bond motifs is 1. The second-order valence-corrected chi connectivity index (χ2v) is 8.92. The molecule has 2 heterocycles. The van der Waals surface area contributed by atoms with Gasteiger partial charge < -0.3 is 9.88 Å². The number of aromatic amines is 1. The zero-order valence-corrected chi connectivity index (χ0v) is 17.3. The number of benzene rings is 1. The molecular weight excluding hydrogens is 377 g/mol. The number of nitrogens with one attached hydrogen (secondary N) is 1. The Morgan fingerprint density at radius 2 is 2.07 bits per heavy atom. The van der Waals surface area contributed by atoms with E-state index in [0.717, 1.165) is 23.0 Å². The van der Waals surface area contributed by atoms with E-state index in [1.54, 1.807) is 4.57 Å². The molecule has 1 atom stereocenters. The van der Waals surface area contributed by atoms with E-state index in [0.29, 0.717) is 25.9 Å².